The van der Waals surface area contributed by atoms with Crippen LogP contribution in [0.15, 0.2) is 56.3 Å². The number of hydrogen-bond acceptors (Lipinski definition) is 5. The molecule has 0 bridgehead atoms. The molecule has 2 N–H and O–H groups in total. The molecular formula is C19H19Br2N3O4S2. The van der Waals surface area contributed by atoms with Crippen LogP contribution in [-0.4, -0.2) is 43.4 Å². The van der Waals surface area contributed by atoms with Gasteiger partial charge in [-0.15, -0.1) is 0 Å². The van der Waals surface area contributed by atoms with Crippen molar-refractivity contribution >= 4 is 70.8 Å². The summed E-state index contributed by atoms with van der Waals surface area (Å²) < 4.78 is 33.7. The monoisotopic (exact) mass is 575 g/mol. The second-order valence-corrected chi connectivity index (χ2v) is 10.6. The van der Waals surface area contributed by atoms with Gasteiger partial charge in [0, 0.05) is 23.2 Å². The van der Waals surface area contributed by atoms with Crippen molar-refractivity contribution in [3.8, 4) is 5.75 Å². The second-order valence-electron chi connectivity index (χ2n) is 6.50. The topological polar surface area (TPSA) is 87.7 Å². The number of thiocarbonyl (C=S) groups is 1. The molecule has 1 heterocycles. The Morgan fingerprint density at radius 2 is 1.77 bits per heavy atom. The van der Waals surface area contributed by atoms with E-state index in [1.807, 2.05) is 6.07 Å². The highest BCUT2D eigenvalue weighted by molar-refractivity contribution is 9.11. The highest BCUT2D eigenvalue weighted by atomic mass is 79.9. The highest BCUT2D eigenvalue weighted by Gasteiger charge is 2.26. The number of nitrogens with zero attached hydrogens (tertiary/aromatic N) is 1. The van der Waals surface area contributed by atoms with E-state index >= 15 is 0 Å². The van der Waals surface area contributed by atoms with E-state index in [-0.39, 0.29) is 16.6 Å². The number of rotatable bonds is 6. The predicted octanol–water partition coefficient (Wildman–Crippen LogP) is 3.89. The summed E-state index contributed by atoms with van der Waals surface area (Å²) in [7, 11) is -3.46. The third-order valence-corrected chi connectivity index (χ3v) is 7.55. The number of hydrogen-bond donors (Lipinski definition) is 2. The maximum absolute atomic E-state index is 12.5. The minimum atomic E-state index is -3.46. The number of nitrogens with one attached hydrogen (secondary N) is 2. The maximum Gasteiger partial charge on any atom is 0.264 e. The zero-order valence-electron chi connectivity index (χ0n) is 15.7. The van der Waals surface area contributed by atoms with Crippen molar-refractivity contribution in [2.45, 2.75) is 17.7 Å². The van der Waals surface area contributed by atoms with Gasteiger partial charge in [-0.05, 0) is 83.5 Å². The number of anilines is 1. The van der Waals surface area contributed by atoms with E-state index in [0.717, 1.165) is 17.3 Å². The van der Waals surface area contributed by atoms with Gasteiger partial charge in [0.05, 0.1) is 9.37 Å². The van der Waals surface area contributed by atoms with E-state index in [2.05, 4.69) is 42.5 Å². The van der Waals surface area contributed by atoms with Crippen molar-refractivity contribution in [2.75, 3.05) is 25.0 Å². The van der Waals surface area contributed by atoms with Crippen LogP contribution in [0.2, 0.25) is 0 Å². The molecule has 0 saturated carbocycles. The van der Waals surface area contributed by atoms with Crippen molar-refractivity contribution in [3.05, 3.63) is 51.4 Å². The van der Waals surface area contributed by atoms with Crippen LogP contribution in [0.1, 0.15) is 12.8 Å². The largest absolute Gasteiger partial charge is 0.483 e. The summed E-state index contributed by atoms with van der Waals surface area (Å²) in [6, 6.07) is 11.6. The summed E-state index contributed by atoms with van der Waals surface area (Å²) in [5.74, 6) is 0.109. The smallest absolute Gasteiger partial charge is 0.264 e. The fourth-order valence-electron chi connectivity index (χ4n) is 2.85. The van der Waals surface area contributed by atoms with Crippen molar-refractivity contribution in [2.24, 2.45) is 0 Å². The lowest BCUT2D eigenvalue weighted by molar-refractivity contribution is -0.121. The molecule has 160 valence electrons. The Balaban J connectivity index is 1.51. The molecule has 0 atom stereocenters. The quantitative estimate of drug-likeness (QED) is 0.507. The van der Waals surface area contributed by atoms with Crippen LogP contribution in [0.3, 0.4) is 0 Å². The minimum absolute atomic E-state index is 0.0913. The second kappa shape index (κ2) is 10.2. The lowest BCUT2D eigenvalue weighted by Crippen LogP contribution is -2.37. The summed E-state index contributed by atoms with van der Waals surface area (Å²) >= 11 is 11.8. The number of carbonyl (C=O) groups excluding carboxylic acids is 1. The molecule has 1 aliphatic heterocycles. The summed E-state index contributed by atoms with van der Waals surface area (Å²) in [5.41, 5.74) is 0.567. The van der Waals surface area contributed by atoms with Crippen LogP contribution in [0, 0.1) is 0 Å². The van der Waals surface area contributed by atoms with Crippen LogP contribution in [0.4, 0.5) is 5.69 Å². The van der Waals surface area contributed by atoms with E-state index in [0.29, 0.717) is 29.0 Å². The molecule has 11 heteroatoms. The summed E-state index contributed by atoms with van der Waals surface area (Å²) in [6.07, 6.45) is 1.77. The molecule has 2 aromatic rings. The number of sulfonamides is 1. The summed E-state index contributed by atoms with van der Waals surface area (Å²) in [5, 5.41) is 5.47. The molecule has 0 unspecified atom stereocenters. The predicted molar refractivity (Wildman–Crippen MR) is 126 cm³/mol. The first-order valence-corrected chi connectivity index (χ1v) is 12.5. The average Bonchev–Trinajstić information content (AvgIpc) is 3.23. The zero-order chi connectivity index (χ0) is 21.7. The fourth-order valence-corrected chi connectivity index (χ4v) is 5.76. The number of ether oxygens (including phenoxy) is 1. The average molecular weight is 577 g/mol. The van der Waals surface area contributed by atoms with Crippen LogP contribution in [-0.2, 0) is 14.8 Å². The zero-order valence-corrected chi connectivity index (χ0v) is 20.5. The maximum atomic E-state index is 12.5. The Labute approximate surface area is 197 Å². The number of halogens is 2. The third-order valence-electron chi connectivity index (χ3n) is 4.32. The minimum Gasteiger partial charge on any atom is -0.483 e. The van der Waals surface area contributed by atoms with Crippen LogP contribution >= 0.6 is 44.1 Å². The lowest BCUT2D eigenvalue weighted by atomic mass is 10.3. The Bertz CT molecular complexity index is 1040. The van der Waals surface area contributed by atoms with Crippen molar-refractivity contribution < 1.29 is 17.9 Å². The fraction of sp³-hybridized carbons (Fsp3) is 0.263. The third kappa shape index (κ3) is 6.01. The SMILES string of the molecule is O=C(COc1ccc(Br)cc1Br)NC(=S)Nc1ccc(S(=O)(=O)N2CCCC2)cc1. The Hall–Kier alpha value is -1.53. The molecule has 3 rings (SSSR count). The molecule has 0 aromatic heterocycles. The molecule has 0 aliphatic carbocycles. The van der Waals surface area contributed by atoms with Gasteiger partial charge < -0.3 is 10.1 Å². The Kier molecular flexibility index (Phi) is 7.86. The Morgan fingerprint density at radius 3 is 2.40 bits per heavy atom. The Morgan fingerprint density at radius 1 is 1.10 bits per heavy atom. The lowest BCUT2D eigenvalue weighted by Gasteiger charge is -2.16. The van der Waals surface area contributed by atoms with E-state index in [9.17, 15) is 13.2 Å². The molecule has 7 nitrogen and oxygen atoms in total. The van der Waals surface area contributed by atoms with E-state index in [1.165, 1.54) is 16.4 Å². The molecule has 1 aliphatic rings. The van der Waals surface area contributed by atoms with Gasteiger partial charge >= 0.3 is 0 Å². The van der Waals surface area contributed by atoms with E-state index in [1.54, 1.807) is 24.3 Å². The highest BCUT2D eigenvalue weighted by Crippen LogP contribution is 2.28. The van der Waals surface area contributed by atoms with Crippen LogP contribution in [0.25, 0.3) is 0 Å². The first-order valence-electron chi connectivity index (χ1n) is 9.04. The van der Waals surface area contributed by atoms with Gasteiger partial charge in [0.1, 0.15) is 5.75 Å². The van der Waals surface area contributed by atoms with Crippen molar-refractivity contribution in [1.82, 2.24) is 9.62 Å². The molecule has 30 heavy (non-hydrogen) atoms. The van der Waals surface area contributed by atoms with Gasteiger partial charge in [-0.3, -0.25) is 10.1 Å². The van der Waals surface area contributed by atoms with Gasteiger partial charge in [0.2, 0.25) is 10.0 Å². The molecule has 0 radical (unpaired) electrons. The first kappa shape index (κ1) is 23.1. The molecule has 1 fully saturated rings. The molecule has 2 aromatic carbocycles. The molecule has 0 spiro atoms. The molecule has 1 saturated heterocycles. The van der Waals surface area contributed by atoms with Crippen LogP contribution in [0.5, 0.6) is 5.75 Å². The van der Waals surface area contributed by atoms with E-state index in [4.69, 9.17) is 17.0 Å². The number of carbonyl (C=O) groups is 1. The van der Waals surface area contributed by atoms with Crippen LogP contribution < -0.4 is 15.4 Å². The van der Waals surface area contributed by atoms with Crippen molar-refractivity contribution in [3.63, 3.8) is 0 Å². The summed E-state index contributed by atoms with van der Waals surface area (Å²) in [6.45, 7) is 0.893. The molecular weight excluding hydrogens is 558 g/mol. The van der Waals surface area contributed by atoms with Gasteiger partial charge in [-0.1, -0.05) is 15.9 Å². The van der Waals surface area contributed by atoms with E-state index < -0.39 is 15.9 Å². The van der Waals surface area contributed by atoms with Gasteiger partial charge in [-0.25, -0.2) is 8.42 Å². The van der Waals surface area contributed by atoms with Gasteiger partial charge in [0.15, 0.2) is 11.7 Å². The standard InChI is InChI=1S/C19H19Br2N3O4S2/c20-13-3-8-17(16(21)11-13)28-12-18(25)23-19(29)22-14-4-6-15(7-5-14)30(26,27)24-9-1-2-10-24/h3-8,11H,1-2,9-10,12H2,(H2,22,23,25,29). The number of amides is 1. The van der Waals surface area contributed by atoms with Gasteiger partial charge in [-0.2, -0.15) is 4.31 Å². The normalized spacial score (nSPS) is 14.3. The first-order chi connectivity index (χ1) is 14.3. The van der Waals surface area contributed by atoms with Gasteiger partial charge in [0.25, 0.3) is 5.91 Å². The summed E-state index contributed by atoms with van der Waals surface area (Å²) in [4.78, 5) is 12.3. The molecule has 1 amide bonds. The van der Waals surface area contributed by atoms with Crippen molar-refractivity contribution in [1.29, 1.82) is 0 Å². The number of benzene rings is 2.